The molecule has 1 amide bonds. The highest BCUT2D eigenvalue weighted by Crippen LogP contribution is 2.21. The molecule has 1 atom stereocenters. The van der Waals surface area contributed by atoms with E-state index in [1.807, 2.05) is 13.8 Å². The smallest absolute Gasteiger partial charge is 0.271 e. The Labute approximate surface area is 119 Å². The fourth-order valence-corrected chi connectivity index (χ4v) is 1.84. The first-order chi connectivity index (χ1) is 8.81. The SMILES string of the molecule is CC(C)C(N)CNC(=O)c1cc(Br)cc([N+](=O)[O-])c1. The monoisotopic (exact) mass is 329 g/mol. The number of carbonyl (C=O) groups is 1. The summed E-state index contributed by atoms with van der Waals surface area (Å²) in [6, 6.07) is 3.96. The van der Waals surface area contributed by atoms with Crippen molar-refractivity contribution < 1.29 is 9.72 Å². The van der Waals surface area contributed by atoms with Crippen molar-refractivity contribution in [3.8, 4) is 0 Å². The van der Waals surface area contributed by atoms with E-state index in [1.165, 1.54) is 18.2 Å². The zero-order chi connectivity index (χ0) is 14.6. The van der Waals surface area contributed by atoms with Crippen LogP contribution in [0.2, 0.25) is 0 Å². The predicted octanol–water partition coefficient (Wildman–Crippen LogP) is 2.07. The highest BCUT2D eigenvalue weighted by molar-refractivity contribution is 9.10. The topological polar surface area (TPSA) is 98.3 Å². The van der Waals surface area contributed by atoms with Gasteiger partial charge in [-0.3, -0.25) is 14.9 Å². The van der Waals surface area contributed by atoms with Gasteiger partial charge in [-0.25, -0.2) is 0 Å². The summed E-state index contributed by atoms with van der Waals surface area (Å²) in [4.78, 5) is 22.1. The number of rotatable bonds is 5. The number of hydrogen-bond acceptors (Lipinski definition) is 4. The molecule has 0 aliphatic carbocycles. The number of nitro benzene ring substituents is 1. The second-order valence-electron chi connectivity index (χ2n) is 4.57. The molecule has 0 aliphatic rings. The molecule has 104 valence electrons. The Hall–Kier alpha value is -1.47. The van der Waals surface area contributed by atoms with Gasteiger partial charge in [0.2, 0.25) is 0 Å². The van der Waals surface area contributed by atoms with Crippen molar-refractivity contribution in [2.75, 3.05) is 6.54 Å². The maximum atomic E-state index is 11.9. The average Bonchev–Trinajstić information content (AvgIpc) is 2.34. The van der Waals surface area contributed by atoms with Crippen molar-refractivity contribution in [2.24, 2.45) is 11.7 Å². The van der Waals surface area contributed by atoms with E-state index in [0.29, 0.717) is 11.0 Å². The van der Waals surface area contributed by atoms with Gasteiger partial charge in [0.05, 0.1) is 4.92 Å². The van der Waals surface area contributed by atoms with E-state index >= 15 is 0 Å². The molecule has 0 saturated carbocycles. The second kappa shape index (κ2) is 6.63. The van der Waals surface area contributed by atoms with E-state index in [2.05, 4.69) is 21.2 Å². The second-order valence-corrected chi connectivity index (χ2v) is 5.49. The molecule has 1 aromatic rings. The Balaban J connectivity index is 2.80. The van der Waals surface area contributed by atoms with Crippen LogP contribution in [-0.4, -0.2) is 23.4 Å². The Kier molecular flexibility index (Phi) is 5.44. The first-order valence-electron chi connectivity index (χ1n) is 5.80. The Morgan fingerprint density at radius 2 is 2.11 bits per heavy atom. The molecule has 0 fully saturated rings. The van der Waals surface area contributed by atoms with Gasteiger partial charge in [-0.15, -0.1) is 0 Å². The Morgan fingerprint density at radius 3 is 2.63 bits per heavy atom. The van der Waals surface area contributed by atoms with Crippen LogP contribution in [0.3, 0.4) is 0 Å². The van der Waals surface area contributed by atoms with Crippen LogP contribution < -0.4 is 11.1 Å². The van der Waals surface area contributed by atoms with Crippen LogP contribution >= 0.6 is 15.9 Å². The van der Waals surface area contributed by atoms with Crippen LogP contribution in [0.1, 0.15) is 24.2 Å². The fraction of sp³-hybridized carbons (Fsp3) is 0.417. The number of nitro groups is 1. The normalized spacial score (nSPS) is 12.3. The first kappa shape index (κ1) is 15.6. The minimum absolute atomic E-state index is 0.132. The Morgan fingerprint density at radius 1 is 1.47 bits per heavy atom. The van der Waals surface area contributed by atoms with Crippen molar-refractivity contribution in [1.29, 1.82) is 0 Å². The van der Waals surface area contributed by atoms with Gasteiger partial charge < -0.3 is 11.1 Å². The maximum Gasteiger partial charge on any atom is 0.271 e. The summed E-state index contributed by atoms with van der Waals surface area (Å²) < 4.78 is 0.486. The Bertz CT molecular complexity index is 491. The van der Waals surface area contributed by atoms with Gasteiger partial charge >= 0.3 is 0 Å². The van der Waals surface area contributed by atoms with E-state index in [-0.39, 0.29) is 29.1 Å². The lowest BCUT2D eigenvalue weighted by atomic mass is 10.1. The van der Waals surface area contributed by atoms with Crippen LogP contribution in [0.15, 0.2) is 22.7 Å². The summed E-state index contributed by atoms with van der Waals surface area (Å²) in [5.41, 5.74) is 5.92. The van der Waals surface area contributed by atoms with Gasteiger partial charge in [0.15, 0.2) is 0 Å². The van der Waals surface area contributed by atoms with Gasteiger partial charge in [-0.1, -0.05) is 29.8 Å². The number of non-ortho nitro benzene ring substituents is 1. The van der Waals surface area contributed by atoms with Gasteiger partial charge in [0, 0.05) is 34.8 Å². The van der Waals surface area contributed by atoms with Gasteiger partial charge in [0.25, 0.3) is 11.6 Å². The fourth-order valence-electron chi connectivity index (χ4n) is 1.36. The van der Waals surface area contributed by atoms with Crippen LogP contribution in [0.25, 0.3) is 0 Å². The number of hydrogen-bond donors (Lipinski definition) is 2. The van der Waals surface area contributed by atoms with Crippen molar-refractivity contribution in [3.63, 3.8) is 0 Å². The summed E-state index contributed by atoms with van der Waals surface area (Å²) in [7, 11) is 0. The summed E-state index contributed by atoms with van der Waals surface area (Å²) in [6.45, 7) is 4.25. The largest absolute Gasteiger partial charge is 0.350 e. The van der Waals surface area contributed by atoms with E-state index in [4.69, 9.17) is 5.73 Å². The molecule has 0 radical (unpaired) electrons. The number of benzene rings is 1. The van der Waals surface area contributed by atoms with Gasteiger partial charge in [0.1, 0.15) is 0 Å². The highest BCUT2D eigenvalue weighted by Gasteiger charge is 2.15. The molecule has 1 aromatic carbocycles. The van der Waals surface area contributed by atoms with E-state index < -0.39 is 4.92 Å². The predicted molar refractivity (Wildman–Crippen MR) is 75.9 cm³/mol. The minimum Gasteiger partial charge on any atom is -0.350 e. The number of nitrogens with zero attached hydrogens (tertiary/aromatic N) is 1. The molecule has 6 nitrogen and oxygen atoms in total. The first-order valence-corrected chi connectivity index (χ1v) is 6.59. The quantitative estimate of drug-likeness (QED) is 0.638. The van der Waals surface area contributed by atoms with Crippen LogP contribution in [-0.2, 0) is 0 Å². The third-order valence-corrected chi connectivity index (χ3v) is 3.17. The number of carbonyl (C=O) groups excluding carboxylic acids is 1. The molecular weight excluding hydrogens is 314 g/mol. The third-order valence-electron chi connectivity index (χ3n) is 2.71. The molecule has 0 heterocycles. The van der Waals surface area contributed by atoms with Crippen molar-refractivity contribution >= 4 is 27.5 Å². The molecule has 0 aromatic heterocycles. The van der Waals surface area contributed by atoms with Crippen LogP contribution in [0.5, 0.6) is 0 Å². The van der Waals surface area contributed by atoms with E-state index in [0.717, 1.165) is 0 Å². The number of nitrogens with two attached hydrogens (primary N) is 1. The molecule has 0 saturated heterocycles. The highest BCUT2D eigenvalue weighted by atomic mass is 79.9. The van der Waals surface area contributed by atoms with Crippen LogP contribution in [0, 0.1) is 16.0 Å². The number of halogens is 1. The molecule has 1 unspecified atom stereocenters. The summed E-state index contributed by atoms with van der Waals surface area (Å²) >= 11 is 3.14. The van der Waals surface area contributed by atoms with Gasteiger partial charge in [-0.2, -0.15) is 0 Å². The lowest BCUT2D eigenvalue weighted by Crippen LogP contribution is -2.40. The number of nitrogens with one attached hydrogen (secondary N) is 1. The van der Waals surface area contributed by atoms with Crippen LogP contribution in [0.4, 0.5) is 5.69 Å². The zero-order valence-corrected chi connectivity index (χ0v) is 12.3. The third kappa shape index (κ3) is 4.60. The van der Waals surface area contributed by atoms with E-state index in [1.54, 1.807) is 0 Å². The van der Waals surface area contributed by atoms with Crippen molar-refractivity contribution in [3.05, 3.63) is 38.3 Å². The zero-order valence-electron chi connectivity index (χ0n) is 10.7. The molecule has 19 heavy (non-hydrogen) atoms. The summed E-state index contributed by atoms with van der Waals surface area (Å²) in [5, 5.41) is 13.4. The molecule has 0 aliphatic heterocycles. The lowest BCUT2D eigenvalue weighted by Gasteiger charge is -2.16. The minimum atomic E-state index is -0.540. The molecule has 7 heteroatoms. The van der Waals surface area contributed by atoms with Crippen molar-refractivity contribution in [1.82, 2.24) is 5.32 Å². The maximum absolute atomic E-state index is 11.9. The summed E-state index contributed by atoms with van der Waals surface area (Å²) in [6.07, 6.45) is 0. The number of amides is 1. The van der Waals surface area contributed by atoms with Gasteiger partial charge in [-0.05, 0) is 12.0 Å². The molecule has 1 rings (SSSR count). The van der Waals surface area contributed by atoms with E-state index in [9.17, 15) is 14.9 Å². The molecule has 0 spiro atoms. The standard InChI is InChI=1S/C12H16BrN3O3/c1-7(2)11(14)6-15-12(17)8-3-9(13)5-10(4-8)16(18)19/h3-5,7,11H,6,14H2,1-2H3,(H,15,17). The summed E-state index contributed by atoms with van der Waals surface area (Å²) in [5.74, 6) is -0.127. The molecule has 3 N–H and O–H groups in total. The lowest BCUT2D eigenvalue weighted by molar-refractivity contribution is -0.385. The average molecular weight is 330 g/mol. The molecular formula is C12H16BrN3O3. The van der Waals surface area contributed by atoms with Crippen molar-refractivity contribution in [2.45, 2.75) is 19.9 Å². The molecule has 0 bridgehead atoms.